The Morgan fingerprint density at radius 3 is 2.78 bits per heavy atom. The van der Waals surface area contributed by atoms with Gasteiger partial charge in [-0.3, -0.25) is 4.79 Å². The summed E-state index contributed by atoms with van der Waals surface area (Å²) in [5.74, 6) is 0.941. The van der Waals surface area contributed by atoms with Gasteiger partial charge in [-0.1, -0.05) is 6.92 Å². The lowest BCUT2D eigenvalue weighted by Gasteiger charge is -2.24. The molecule has 18 heavy (non-hydrogen) atoms. The SMILES string of the molecule is CCC(C)(C)NC(=O)CNCCc1nncn1C. The standard InChI is InChI=1S/C12H23N5O/c1-5-12(2,3)15-11(18)8-13-7-6-10-16-14-9-17(10)4/h9,13H,5-8H2,1-4H3,(H,15,18). The Balaban J connectivity index is 2.18. The monoisotopic (exact) mass is 253 g/mol. The largest absolute Gasteiger partial charge is 0.350 e. The van der Waals surface area contributed by atoms with E-state index in [4.69, 9.17) is 0 Å². The van der Waals surface area contributed by atoms with Crippen LogP contribution in [-0.2, 0) is 18.3 Å². The third kappa shape index (κ3) is 4.83. The Hall–Kier alpha value is -1.43. The van der Waals surface area contributed by atoms with Crippen LogP contribution in [-0.4, -0.2) is 39.3 Å². The van der Waals surface area contributed by atoms with E-state index in [0.29, 0.717) is 13.1 Å². The summed E-state index contributed by atoms with van der Waals surface area (Å²) < 4.78 is 1.88. The van der Waals surface area contributed by atoms with Crippen molar-refractivity contribution >= 4 is 5.91 Å². The van der Waals surface area contributed by atoms with Crippen LogP contribution in [0.5, 0.6) is 0 Å². The number of nitrogens with zero attached hydrogens (tertiary/aromatic N) is 3. The Bertz CT molecular complexity index is 386. The van der Waals surface area contributed by atoms with E-state index >= 15 is 0 Å². The van der Waals surface area contributed by atoms with Gasteiger partial charge in [0.1, 0.15) is 12.2 Å². The van der Waals surface area contributed by atoms with E-state index in [1.54, 1.807) is 6.33 Å². The summed E-state index contributed by atoms with van der Waals surface area (Å²) in [5, 5.41) is 13.9. The van der Waals surface area contributed by atoms with Gasteiger partial charge in [-0.05, 0) is 20.3 Å². The van der Waals surface area contributed by atoms with E-state index in [1.165, 1.54) is 0 Å². The molecular weight excluding hydrogens is 230 g/mol. The highest BCUT2D eigenvalue weighted by Gasteiger charge is 2.17. The lowest BCUT2D eigenvalue weighted by atomic mass is 10.0. The van der Waals surface area contributed by atoms with Crippen molar-refractivity contribution in [3.63, 3.8) is 0 Å². The van der Waals surface area contributed by atoms with E-state index in [2.05, 4.69) is 27.8 Å². The van der Waals surface area contributed by atoms with Crippen LogP contribution in [0.4, 0.5) is 0 Å². The maximum atomic E-state index is 11.6. The predicted octanol–water partition coefficient (Wildman–Crippen LogP) is 0.252. The molecule has 0 spiro atoms. The molecule has 0 bridgehead atoms. The number of nitrogens with one attached hydrogen (secondary N) is 2. The highest BCUT2D eigenvalue weighted by atomic mass is 16.2. The third-order valence-corrected chi connectivity index (χ3v) is 2.98. The summed E-state index contributed by atoms with van der Waals surface area (Å²) in [4.78, 5) is 11.6. The van der Waals surface area contributed by atoms with E-state index in [9.17, 15) is 4.79 Å². The minimum Gasteiger partial charge on any atom is -0.350 e. The molecule has 0 radical (unpaired) electrons. The molecule has 1 amide bonds. The lowest BCUT2D eigenvalue weighted by Crippen LogP contribution is -2.46. The highest BCUT2D eigenvalue weighted by molar-refractivity contribution is 5.78. The second-order valence-electron chi connectivity index (χ2n) is 5.07. The summed E-state index contributed by atoms with van der Waals surface area (Å²) in [7, 11) is 1.91. The molecule has 102 valence electrons. The summed E-state index contributed by atoms with van der Waals surface area (Å²) in [6.07, 6.45) is 3.35. The van der Waals surface area contributed by atoms with Crippen molar-refractivity contribution in [2.75, 3.05) is 13.1 Å². The molecule has 0 saturated heterocycles. The number of carbonyl (C=O) groups excluding carboxylic acids is 1. The van der Waals surface area contributed by atoms with Gasteiger partial charge < -0.3 is 15.2 Å². The maximum absolute atomic E-state index is 11.6. The molecule has 6 nitrogen and oxygen atoms in total. The van der Waals surface area contributed by atoms with E-state index < -0.39 is 0 Å². The van der Waals surface area contributed by atoms with Gasteiger partial charge in [0.2, 0.25) is 5.91 Å². The lowest BCUT2D eigenvalue weighted by molar-refractivity contribution is -0.121. The molecule has 0 aromatic carbocycles. The number of aryl methyl sites for hydroxylation is 1. The molecule has 1 heterocycles. The van der Waals surface area contributed by atoms with Crippen LogP contribution in [0.3, 0.4) is 0 Å². The van der Waals surface area contributed by atoms with Crippen LogP contribution in [0.15, 0.2) is 6.33 Å². The number of hydrogen-bond donors (Lipinski definition) is 2. The first-order valence-corrected chi connectivity index (χ1v) is 6.29. The summed E-state index contributed by atoms with van der Waals surface area (Å²) in [6.45, 7) is 7.14. The second-order valence-corrected chi connectivity index (χ2v) is 5.07. The van der Waals surface area contributed by atoms with Crippen molar-refractivity contribution in [2.24, 2.45) is 7.05 Å². The van der Waals surface area contributed by atoms with Crippen LogP contribution in [0.25, 0.3) is 0 Å². The van der Waals surface area contributed by atoms with E-state index in [1.807, 2.05) is 25.5 Å². The van der Waals surface area contributed by atoms with Crippen LogP contribution in [0, 0.1) is 0 Å². The number of carbonyl (C=O) groups is 1. The summed E-state index contributed by atoms with van der Waals surface area (Å²) >= 11 is 0. The first-order chi connectivity index (χ1) is 8.44. The summed E-state index contributed by atoms with van der Waals surface area (Å²) in [6, 6.07) is 0. The van der Waals surface area contributed by atoms with Gasteiger partial charge >= 0.3 is 0 Å². The normalized spacial score (nSPS) is 11.6. The summed E-state index contributed by atoms with van der Waals surface area (Å²) in [5.41, 5.74) is -0.137. The zero-order valence-electron chi connectivity index (χ0n) is 11.7. The average Bonchev–Trinajstić information content (AvgIpc) is 2.70. The molecule has 0 aliphatic rings. The smallest absolute Gasteiger partial charge is 0.234 e. The molecule has 1 aromatic heterocycles. The molecular formula is C12H23N5O. The van der Waals surface area contributed by atoms with Crippen LogP contribution in [0.1, 0.15) is 33.0 Å². The molecule has 0 aliphatic heterocycles. The van der Waals surface area contributed by atoms with Crippen LogP contribution >= 0.6 is 0 Å². The fourth-order valence-corrected chi connectivity index (χ4v) is 1.45. The maximum Gasteiger partial charge on any atom is 0.234 e. The number of rotatable bonds is 7. The van der Waals surface area contributed by atoms with Gasteiger partial charge in [-0.2, -0.15) is 0 Å². The van der Waals surface area contributed by atoms with Crippen molar-refractivity contribution in [2.45, 2.75) is 39.2 Å². The van der Waals surface area contributed by atoms with Gasteiger partial charge in [-0.15, -0.1) is 10.2 Å². The first kappa shape index (κ1) is 14.6. The molecule has 0 saturated carbocycles. The van der Waals surface area contributed by atoms with Crippen molar-refractivity contribution in [1.29, 1.82) is 0 Å². The predicted molar refractivity (Wildman–Crippen MR) is 70.1 cm³/mol. The molecule has 2 N–H and O–H groups in total. The van der Waals surface area contributed by atoms with Crippen LogP contribution in [0.2, 0.25) is 0 Å². The average molecular weight is 253 g/mol. The van der Waals surface area contributed by atoms with Gasteiger partial charge in [0, 0.05) is 25.6 Å². The topological polar surface area (TPSA) is 71.8 Å². The minimum atomic E-state index is -0.137. The molecule has 6 heteroatoms. The van der Waals surface area contributed by atoms with Crippen molar-refractivity contribution in [3.8, 4) is 0 Å². The fraction of sp³-hybridized carbons (Fsp3) is 0.750. The van der Waals surface area contributed by atoms with Crippen molar-refractivity contribution < 1.29 is 4.79 Å². The quantitative estimate of drug-likeness (QED) is 0.683. The fourth-order valence-electron chi connectivity index (χ4n) is 1.45. The Morgan fingerprint density at radius 2 is 2.22 bits per heavy atom. The van der Waals surface area contributed by atoms with Gasteiger partial charge in [0.05, 0.1) is 6.54 Å². The zero-order valence-corrected chi connectivity index (χ0v) is 11.7. The van der Waals surface area contributed by atoms with E-state index in [-0.39, 0.29) is 11.4 Å². The number of aromatic nitrogens is 3. The molecule has 1 rings (SSSR count). The van der Waals surface area contributed by atoms with Gasteiger partial charge in [0.15, 0.2) is 0 Å². The van der Waals surface area contributed by atoms with Gasteiger partial charge in [-0.25, -0.2) is 0 Å². The van der Waals surface area contributed by atoms with E-state index in [0.717, 1.165) is 18.7 Å². The molecule has 0 atom stereocenters. The highest BCUT2D eigenvalue weighted by Crippen LogP contribution is 2.05. The molecule has 0 unspecified atom stereocenters. The number of amides is 1. The Kier molecular flexibility index (Phi) is 5.27. The molecule has 0 fully saturated rings. The molecule has 0 aliphatic carbocycles. The second kappa shape index (κ2) is 6.49. The van der Waals surface area contributed by atoms with Crippen molar-refractivity contribution in [1.82, 2.24) is 25.4 Å². The zero-order chi connectivity index (χ0) is 13.6. The van der Waals surface area contributed by atoms with Gasteiger partial charge in [0.25, 0.3) is 0 Å². The minimum absolute atomic E-state index is 0.0276. The van der Waals surface area contributed by atoms with Crippen molar-refractivity contribution in [3.05, 3.63) is 12.2 Å². The van der Waals surface area contributed by atoms with Crippen LogP contribution < -0.4 is 10.6 Å². The molecule has 1 aromatic rings. The number of hydrogen-bond acceptors (Lipinski definition) is 4. The third-order valence-electron chi connectivity index (χ3n) is 2.98. The Morgan fingerprint density at radius 1 is 1.50 bits per heavy atom. The Labute approximate surface area is 108 Å². The first-order valence-electron chi connectivity index (χ1n) is 6.29.